The molecule has 0 spiro atoms. The zero-order valence-corrected chi connectivity index (χ0v) is 15.4. The normalized spacial score (nSPS) is 18.2. The van der Waals surface area contributed by atoms with Gasteiger partial charge in [-0.05, 0) is 38.5 Å². The maximum absolute atomic E-state index is 12.6. The summed E-state index contributed by atoms with van der Waals surface area (Å²) in [5.41, 5.74) is 1.11. The number of halogens is 1. The standard InChI is InChI=1S/C18H28ClN3O/c1-14(2)22-11-9-21(10-12-22)13-18(23)20(4)15(3)16-5-7-17(19)8-6-16/h5-8,14-15H,9-13H2,1-4H3. The van der Waals surface area contributed by atoms with Crippen LogP contribution < -0.4 is 0 Å². The van der Waals surface area contributed by atoms with E-state index in [1.807, 2.05) is 36.2 Å². The third kappa shape index (κ3) is 4.93. The zero-order valence-electron chi connectivity index (χ0n) is 14.6. The van der Waals surface area contributed by atoms with Crippen LogP contribution in [0.1, 0.15) is 32.4 Å². The molecule has 1 aliphatic heterocycles. The Labute approximate surface area is 145 Å². The summed E-state index contributed by atoms with van der Waals surface area (Å²) in [4.78, 5) is 19.1. The number of rotatable bonds is 5. The van der Waals surface area contributed by atoms with Crippen LogP contribution in [0.2, 0.25) is 5.02 Å². The summed E-state index contributed by atoms with van der Waals surface area (Å²) >= 11 is 5.93. The number of piperazine rings is 1. The summed E-state index contributed by atoms with van der Waals surface area (Å²) in [6.07, 6.45) is 0. The lowest BCUT2D eigenvalue weighted by molar-refractivity contribution is -0.133. The summed E-state index contributed by atoms with van der Waals surface area (Å²) in [6.45, 7) is 11.0. The smallest absolute Gasteiger partial charge is 0.236 e. The van der Waals surface area contributed by atoms with E-state index in [0.29, 0.717) is 12.6 Å². The number of hydrogen-bond donors (Lipinski definition) is 0. The molecule has 5 heteroatoms. The molecule has 1 aromatic rings. The largest absolute Gasteiger partial charge is 0.338 e. The molecule has 1 heterocycles. The van der Waals surface area contributed by atoms with Gasteiger partial charge in [-0.3, -0.25) is 14.6 Å². The van der Waals surface area contributed by atoms with Gasteiger partial charge in [0.05, 0.1) is 12.6 Å². The van der Waals surface area contributed by atoms with Crippen molar-refractivity contribution in [3.8, 4) is 0 Å². The number of carbonyl (C=O) groups is 1. The Bertz CT molecular complexity index is 510. The van der Waals surface area contributed by atoms with Crippen LogP contribution in [-0.4, -0.2) is 66.4 Å². The van der Waals surface area contributed by atoms with Crippen LogP contribution in [0.5, 0.6) is 0 Å². The molecular weight excluding hydrogens is 310 g/mol. The highest BCUT2D eigenvalue weighted by Crippen LogP contribution is 2.21. The van der Waals surface area contributed by atoms with Crippen molar-refractivity contribution >= 4 is 17.5 Å². The first kappa shape index (κ1) is 18.2. The Morgan fingerprint density at radius 2 is 1.70 bits per heavy atom. The van der Waals surface area contributed by atoms with Crippen molar-refractivity contribution in [3.05, 3.63) is 34.9 Å². The van der Waals surface area contributed by atoms with Gasteiger partial charge < -0.3 is 4.90 Å². The third-order valence-corrected chi connectivity index (χ3v) is 5.07. The van der Waals surface area contributed by atoms with Gasteiger partial charge in [-0.15, -0.1) is 0 Å². The fraction of sp³-hybridized carbons (Fsp3) is 0.611. The molecule has 2 rings (SSSR count). The van der Waals surface area contributed by atoms with Crippen LogP contribution in [-0.2, 0) is 4.79 Å². The molecule has 1 atom stereocenters. The number of amides is 1. The minimum Gasteiger partial charge on any atom is -0.338 e. The van der Waals surface area contributed by atoms with E-state index in [0.717, 1.165) is 36.8 Å². The van der Waals surface area contributed by atoms with E-state index >= 15 is 0 Å². The molecule has 0 aromatic heterocycles. The summed E-state index contributed by atoms with van der Waals surface area (Å²) in [5, 5.41) is 0.720. The average molecular weight is 338 g/mol. The molecule has 0 bridgehead atoms. The van der Waals surface area contributed by atoms with Crippen molar-refractivity contribution in [2.45, 2.75) is 32.9 Å². The van der Waals surface area contributed by atoms with Gasteiger partial charge in [-0.2, -0.15) is 0 Å². The van der Waals surface area contributed by atoms with Crippen LogP contribution in [0, 0.1) is 0 Å². The van der Waals surface area contributed by atoms with Crippen LogP contribution >= 0.6 is 11.6 Å². The Kier molecular flexibility index (Phi) is 6.45. The number of nitrogens with zero attached hydrogens (tertiary/aromatic N) is 3. The second kappa shape index (κ2) is 8.13. The molecule has 1 fully saturated rings. The second-order valence-corrected chi connectivity index (χ2v) is 7.07. The zero-order chi connectivity index (χ0) is 17.0. The molecule has 0 radical (unpaired) electrons. The van der Waals surface area contributed by atoms with Crippen molar-refractivity contribution in [3.63, 3.8) is 0 Å². The molecule has 0 N–H and O–H groups in total. The highest BCUT2D eigenvalue weighted by atomic mass is 35.5. The fourth-order valence-electron chi connectivity index (χ4n) is 2.92. The van der Waals surface area contributed by atoms with E-state index in [1.54, 1.807) is 0 Å². The Hall–Kier alpha value is -1.10. The summed E-state index contributed by atoms with van der Waals surface area (Å²) in [5.74, 6) is 0.172. The van der Waals surface area contributed by atoms with Gasteiger partial charge in [-0.25, -0.2) is 0 Å². The predicted molar refractivity (Wildman–Crippen MR) is 95.8 cm³/mol. The molecule has 1 aliphatic rings. The number of likely N-dealkylation sites (N-methyl/N-ethyl adjacent to an activating group) is 1. The molecular formula is C18H28ClN3O. The first-order chi connectivity index (χ1) is 10.9. The van der Waals surface area contributed by atoms with E-state index in [9.17, 15) is 4.79 Å². The van der Waals surface area contributed by atoms with Gasteiger partial charge in [-0.1, -0.05) is 23.7 Å². The predicted octanol–water partition coefficient (Wildman–Crippen LogP) is 2.89. The van der Waals surface area contributed by atoms with E-state index in [2.05, 4.69) is 30.6 Å². The van der Waals surface area contributed by atoms with Gasteiger partial charge in [0.1, 0.15) is 0 Å². The molecule has 4 nitrogen and oxygen atoms in total. The van der Waals surface area contributed by atoms with Gasteiger partial charge >= 0.3 is 0 Å². The first-order valence-corrected chi connectivity index (χ1v) is 8.74. The second-order valence-electron chi connectivity index (χ2n) is 6.64. The highest BCUT2D eigenvalue weighted by Gasteiger charge is 2.23. The molecule has 1 amide bonds. The fourth-order valence-corrected chi connectivity index (χ4v) is 3.05. The summed E-state index contributed by atoms with van der Waals surface area (Å²) in [6, 6.07) is 8.35. The van der Waals surface area contributed by atoms with Crippen LogP contribution in [0.15, 0.2) is 24.3 Å². The Morgan fingerprint density at radius 1 is 1.13 bits per heavy atom. The Balaban J connectivity index is 1.86. The van der Waals surface area contributed by atoms with Gasteiger partial charge in [0, 0.05) is 44.3 Å². The van der Waals surface area contributed by atoms with Crippen molar-refractivity contribution in [1.82, 2.24) is 14.7 Å². The lowest BCUT2D eigenvalue weighted by Crippen LogP contribution is -2.51. The molecule has 1 saturated heterocycles. The van der Waals surface area contributed by atoms with E-state index in [4.69, 9.17) is 11.6 Å². The lowest BCUT2D eigenvalue weighted by Gasteiger charge is -2.37. The van der Waals surface area contributed by atoms with E-state index in [1.165, 1.54) is 0 Å². The first-order valence-electron chi connectivity index (χ1n) is 8.36. The molecule has 0 saturated carbocycles. The number of hydrogen-bond acceptors (Lipinski definition) is 3. The minimum absolute atomic E-state index is 0.0525. The van der Waals surface area contributed by atoms with Crippen molar-refractivity contribution in [1.29, 1.82) is 0 Å². The highest BCUT2D eigenvalue weighted by molar-refractivity contribution is 6.30. The van der Waals surface area contributed by atoms with Crippen LogP contribution in [0.3, 0.4) is 0 Å². The maximum atomic E-state index is 12.6. The lowest BCUT2D eigenvalue weighted by atomic mass is 10.1. The third-order valence-electron chi connectivity index (χ3n) is 4.82. The summed E-state index contributed by atoms with van der Waals surface area (Å²) in [7, 11) is 1.88. The SMILES string of the molecule is CC(C)N1CCN(CC(=O)N(C)C(C)c2ccc(Cl)cc2)CC1. The van der Waals surface area contributed by atoms with E-state index in [-0.39, 0.29) is 11.9 Å². The average Bonchev–Trinajstić information content (AvgIpc) is 2.54. The van der Waals surface area contributed by atoms with Crippen molar-refractivity contribution in [2.24, 2.45) is 0 Å². The minimum atomic E-state index is 0.0525. The molecule has 23 heavy (non-hydrogen) atoms. The topological polar surface area (TPSA) is 26.8 Å². The van der Waals surface area contributed by atoms with Gasteiger partial charge in [0.25, 0.3) is 0 Å². The molecule has 128 valence electrons. The number of carbonyl (C=O) groups excluding carboxylic acids is 1. The monoisotopic (exact) mass is 337 g/mol. The maximum Gasteiger partial charge on any atom is 0.236 e. The Morgan fingerprint density at radius 3 is 2.22 bits per heavy atom. The summed E-state index contributed by atoms with van der Waals surface area (Å²) < 4.78 is 0. The molecule has 1 unspecified atom stereocenters. The molecule has 0 aliphatic carbocycles. The van der Waals surface area contributed by atoms with Crippen molar-refractivity contribution in [2.75, 3.05) is 39.8 Å². The van der Waals surface area contributed by atoms with Gasteiger partial charge in [0.2, 0.25) is 5.91 Å². The van der Waals surface area contributed by atoms with E-state index < -0.39 is 0 Å². The number of benzene rings is 1. The van der Waals surface area contributed by atoms with Crippen molar-refractivity contribution < 1.29 is 4.79 Å². The molecule has 1 aromatic carbocycles. The quantitative estimate of drug-likeness (QED) is 0.826. The van der Waals surface area contributed by atoms with Crippen LogP contribution in [0.4, 0.5) is 0 Å². The van der Waals surface area contributed by atoms with Crippen LogP contribution in [0.25, 0.3) is 0 Å². The van der Waals surface area contributed by atoms with Gasteiger partial charge in [0.15, 0.2) is 0 Å².